The van der Waals surface area contributed by atoms with Gasteiger partial charge in [-0.3, -0.25) is 9.35 Å². The van der Waals surface area contributed by atoms with Crippen molar-refractivity contribution < 1.29 is 60.3 Å². The number of nitrogens with one attached hydrogen (secondary N) is 1. The maximum absolute atomic E-state index is 13.4. The molecular weight excluding hydrogens is 1180 g/mol. The van der Waals surface area contributed by atoms with Gasteiger partial charge in [-0.25, -0.2) is 9.59 Å². The first-order valence-electron chi connectivity index (χ1n) is 36.3. The topological polar surface area (TPSA) is 176 Å². The predicted octanol–water partition coefficient (Wildman–Crippen LogP) is 18.3. The molecule has 0 aliphatic carbocycles. The van der Waals surface area contributed by atoms with Gasteiger partial charge in [0, 0.05) is 43.6 Å². The fourth-order valence-electron chi connectivity index (χ4n) is 13.9. The largest absolute Gasteiger partial charge is 0.513 e. The van der Waals surface area contributed by atoms with E-state index >= 15 is 0 Å². The van der Waals surface area contributed by atoms with Gasteiger partial charge in [0.15, 0.2) is 0 Å². The zero-order valence-corrected chi connectivity index (χ0v) is 62.3. The molecule has 4 rings (SSSR count). The first kappa shape index (κ1) is 80.3. The van der Waals surface area contributed by atoms with Crippen LogP contribution in [0.15, 0.2) is 0 Å². The highest BCUT2D eigenvalue weighted by atomic mass is 32.2. The summed E-state index contributed by atoms with van der Waals surface area (Å²) >= 11 is 0. The number of nitrogens with zero attached hydrogens (tertiary/aromatic N) is 2. The second kappa shape index (κ2) is 39.2. The summed E-state index contributed by atoms with van der Waals surface area (Å²) in [4.78, 5) is 42.1. The molecule has 2 aliphatic heterocycles. The molecule has 2 aliphatic rings. The molecule has 92 heavy (non-hydrogen) atoms. The van der Waals surface area contributed by atoms with Gasteiger partial charge in [-0.05, 0) is 188 Å². The first-order valence-corrected chi connectivity index (χ1v) is 37.9. The lowest BCUT2D eigenvalue weighted by Crippen LogP contribution is -2.46. The molecule has 0 saturated carbocycles. The van der Waals surface area contributed by atoms with Crippen LogP contribution in [-0.4, -0.2) is 124 Å². The number of carbonyl (C=O) groups excluding carboxylic acids is 3. The van der Waals surface area contributed by atoms with Crippen LogP contribution in [0.3, 0.4) is 0 Å². The van der Waals surface area contributed by atoms with Crippen molar-refractivity contribution in [3.63, 3.8) is 0 Å². The smallest absolute Gasteiger partial charge is 0.487 e. The standard InChI is InChI=1S/C76H131N3O12S/c1-54(2)28-19-30-56(5)32-21-34-58(7)36-23-41-75(15)43-38-66-64(13)69(60(9)62(11)71(66)90-75)88-73(81)86-51-25-46-78(48-40-68(80)77-45-50-79(17,18)49-27-53-92(83,84)85)47-26-52-87-74(82)89-70-61(10)63(12)72-67(65(70)14)39-44-76(16,91-72)42-24-37-59(8)35-22-33-57(6)31-20-29-55(3)4/h54-59H,19-53H2,1-18H3,(H-,77,80,83,84,85)/p+1/t56-,57-,58-,59-,75-,76-/m1/s1. The fourth-order valence-corrected chi connectivity index (χ4v) is 14.4. The molecule has 2 N–H and O–H groups in total. The summed E-state index contributed by atoms with van der Waals surface area (Å²) in [6, 6.07) is 0. The summed E-state index contributed by atoms with van der Waals surface area (Å²) in [5.41, 5.74) is 7.13. The van der Waals surface area contributed by atoms with Crippen molar-refractivity contribution in [1.82, 2.24) is 10.2 Å². The molecule has 6 atom stereocenters. The monoisotopic (exact) mass is 1310 g/mol. The minimum absolute atomic E-state index is 0.0928. The van der Waals surface area contributed by atoms with Crippen LogP contribution in [0.4, 0.5) is 9.59 Å². The lowest BCUT2D eigenvalue weighted by molar-refractivity contribution is -0.889. The van der Waals surface area contributed by atoms with Crippen LogP contribution in [0.5, 0.6) is 23.0 Å². The molecule has 2 aromatic rings. The van der Waals surface area contributed by atoms with Gasteiger partial charge >= 0.3 is 12.3 Å². The third-order valence-corrected chi connectivity index (χ3v) is 21.4. The molecule has 528 valence electrons. The van der Waals surface area contributed by atoms with Crippen molar-refractivity contribution >= 4 is 28.3 Å². The Morgan fingerprint density at radius 2 is 0.913 bits per heavy atom. The lowest BCUT2D eigenvalue weighted by atomic mass is 9.83. The third-order valence-electron chi connectivity index (χ3n) is 20.6. The molecule has 0 unspecified atom stereocenters. The third kappa shape index (κ3) is 29.1. The molecule has 0 radical (unpaired) electrons. The molecule has 0 saturated heterocycles. The van der Waals surface area contributed by atoms with E-state index in [2.05, 4.69) is 79.5 Å². The lowest BCUT2D eigenvalue weighted by Gasteiger charge is -2.38. The predicted molar refractivity (Wildman–Crippen MR) is 376 cm³/mol. The number of hydrogen-bond donors (Lipinski definition) is 2. The normalized spacial score (nSPS) is 18.0. The summed E-state index contributed by atoms with van der Waals surface area (Å²) in [5, 5.41) is 3.00. The zero-order chi connectivity index (χ0) is 68.4. The Balaban J connectivity index is 1.29. The maximum Gasteiger partial charge on any atom is 0.513 e. The van der Waals surface area contributed by atoms with E-state index < -0.39 is 22.4 Å². The Morgan fingerprint density at radius 1 is 0.533 bits per heavy atom. The van der Waals surface area contributed by atoms with E-state index in [0.29, 0.717) is 86.3 Å². The van der Waals surface area contributed by atoms with Crippen molar-refractivity contribution in [2.45, 2.75) is 289 Å². The summed E-state index contributed by atoms with van der Waals surface area (Å²) in [7, 11) is -0.135. The van der Waals surface area contributed by atoms with Crippen molar-refractivity contribution in [1.29, 1.82) is 0 Å². The number of carbonyl (C=O) groups is 3. The number of likely N-dealkylation sites (N-methyl/N-ethyl adjacent to an activating group) is 1. The van der Waals surface area contributed by atoms with Crippen molar-refractivity contribution in [2.24, 2.45) is 35.5 Å². The first-order chi connectivity index (χ1) is 43.2. The molecule has 0 aromatic heterocycles. The van der Waals surface area contributed by atoms with E-state index in [1.54, 1.807) is 0 Å². The average Bonchev–Trinajstić information content (AvgIpc) is 0.772. The van der Waals surface area contributed by atoms with Gasteiger partial charge in [0.05, 0.1) is 52.7 Å². The second-order valence-corrected chi connectivity index (χ2v) is 32.5. The number of fused-ring (bicyclic) bond motifs is 2. The van der Waals surface area contributed by atoms with E-state index in [1.807, 2.05) is 55.6 Å². The number of hydrogen-bond acceptors (Lipinski definition) is 12. The highest BCUT2D eigenvalue weighted by molar-refractivity contribution is 7.85. The van der Waals surface area contributed by atoms with Crippen LogP contribution in [-0.2, 0) is 37.2 Å². The number of amides is 1. The van der Waals surface area contributed by atoms with E-state index in [9.17, 15) is 27.4 Å². The quantitative estimate of drug-likeness (QED) is 0.0211. The molecule has 16 heteroatoms. The van der Waals surface area contributed by atoms with Crippen molar-refractivity contribution in [2.75, 3.05) is 72.3 Å². The van der Waals surface area contributed by atoms with Gasteiger partial charge in [-0.2, -0.15) is 8.42 Å². The van der Waals surface area contributed by atoms with E-state index in [1.165, 1.54) is 89.9 Å². The van der Waals surface area contributed by atoms with E-state index in [-0.39, 0.29) is 42.5 Å². The fraction of sp³-hybridized carbons (Fsp3) is 0.803. The molecule has 1 amide bonds. The Kier molecular flexibility index (Phi) is 34.2. The van der Waals surface area contributed by atoms with Crippen LogP contribution in [0, 0.1) is 77.0 Å². The molecule has 2 heterocycles. The molecule has 15 nitrogen and oxygen atoms in total. The number of benzene rings is 2. The Hall–Kier alpha value is -4.12. The Morgan fingerprint density at radius 3 is 1.29 bits per heavy atom. The Bertz CT molecular complexity index is 2560. The molecule has 0 bridgehead atoms. The van der Waals surface area contributed by atoms with Gasteiger partial charge in [-0.1, -0.05) is 145 Å². The molecule has 0 spiro atoms. The van der Waals surface area contributed by atoms with Crippen LogP contribution in [0.2, 0.25) is 0 Å². The minimum Gasteiger partial charge on any atom is -0.487 e. The Labute approximate surface area is 560 Å². The minimum atomic E-state index is -4.04. The van der Waals surface area contributed by atoms with Gasteiger partial charge < -0.3 is 43.1 Å². The SMILES string of the molecule is Cc1c(C)c2c(c(C)c1OC(=O)OCCCN(CCCOC(=O)Oc1c(C)c(C)c3c(c1C)CC[C@@](C)(CCC[C@H](C)CCC[C@H](C)CCCC(C)C)O3)CCC(=O)NCC[N+](C)(C)CCCS(=O)(=O)O)CC[C@@](C)(CCC[C@H](C)CCC[C@H](C)CCCC(C)C)O2. The number of rotatable bonds is 44. The van der Waals surface area contributed by atoms with Crippen molar-refractivity contribution in [3.8, 4) is 23.0 Å². The molecule has 2 aromatic carbocycles. The summed E-state index contributed by atoms with van der Waals surface area (Å²) < 4.78 is 69.3. The number of quaternary nitrogens is 1. The van der Waals surface area contributed by atoms with Crippen LogP contribution < -0.4 is 24.3 Å². The molecular formula is C76H132N3O12S+. The average molecular weight is 1310 g/mol. The summed E-state index contributed by atoms with van der Waals surface area (Å²) in [6.07, 6.45) is 26.0. The van der Waals surface area contributed by atoms with Gasteiger partial charge in [0.1, 0.15) is 34.2 Å². The number of ether oxygens (including phenoxy) is 6. The summed E-state index contributed by atoms with van der Waals surface area (Å²) in [5.74, 6) is 7.03. The zero-order valence-electron chi connectivity index (χ0n) is 61.5. The second-order valence-electron chi connectivity index (χ2n) is 30.9. The van der Waals surface area contributed by atoms with Gasteiger partial charge in [0.2, 0.25) is 5.91 Å². The van der Waals surface area contributed by atoms with Gasteiger partial charge in [-0.15, -0.1) is 0 Å². The van der Waals surface area contributed by atoms with E-state index in [0.717, 1.165) is 131 Å². The van der Waals surface area contributed by atoms with Crippen LogP contribution in [0.1, 0.15) is 268 Å². The van der Waals surface area contributed by atoms with Gasteiger partial charge in [0.25, 0.3) is 10.1 Å². The highest BCUT2D eigenvalue weighted by Gasteiger charge is 2.37. The molecule has 0 fully saturated rings. The summed E-state index contributed by atoms with van der Waals surface area (Å²) in [6.45, 7) is 38.5. The van der Waals surface area contributed by atoms with Crippen LogP contribution >= 0.6 is 0 Å². The maximum atomic E-state index is 13.4. The highest BCUT2D eigenvalue weighted by Crippen LogP contribution is 2.47. The van der Waals surface area contributed by atoms with Crippen LogP contribution in [0.25, 0.3) is 0 Å². The van der Waals surface area contributed by atoms with Crippen molar-refractivity contribution in [3.05, 3.63) is 44.5 Å². The van der Waals surface area contributed by atoms with E-state index in [4.69, 9.17) is 28.4 Å².